The Kier molecular flexibility index (Phi) is 6.14. The van der Waals surface area contributed by atoms with Gasteiger partial charge in [0.2, 0.25) is 0 Å². The molecule has 3 aliphatic rings. The van der Waals surface area contributed by atoms with Crippen LogP contribution in [-0.2, 0) is 0 Å². The molecule has 2 unspecified atom stereocenters. The summed E-state index contributed by atoms with van der Waals surface area (Å²) in [6.07, 6.45) is 5.96. The monoisotopic (exact) mass is 548 g/mol. The third kappa shape index (κ3) is 4.50. The molecule has 40 heavy (non-hydrogen) atoms. The molecule has 1 aromatic carbocycles. The average molecular weight is 549 g/mol. The second-order valence-electron chi connectivity index (χ2n) is 11.8. The number of ether oxygens (including phenoxy) is 1. The normalized spacial score (nSPS) is 27.6. The first-order valence-corrected chi connectivity index (χ1v) is 13.6. The highest BCUT2D eigenvalue weighted by molar-refractivity contribution is 6.07. The number of hydrogen-bond donors (Lipinski definition) is 4. The summed E-state index contributed by atoms with van der Waals surface area (Å²) in [6, 6.07) is 5.14. The van der Waals surface area contributed by atoms with Crippen molar-refractivity contribution < 1.29 is 28.2 Å². The van der Waals surface area contributed by atoms with Gasteiger partial charge in [-0.25, -0.2) is 4.39 Å². The van der Waals surface area contributed by atoms with Crippen molar-refractivity contribution in [2.75, 3.05) is 13.1 Å². The van der Waals surface area contributed by atoms with Crippen LogP contribution >= 0.6 is 0 Å². The minimum absolute atomic E-state index is 0.0199. The first kappa shape index (κ1) is 26.3. The zero-order valence-corrected chi connectivity index (χ0v) is 22.8. The summed E-state index contributed by atoms with van der Waals surface area (Å²) in [4.78, 5) is 30.9. The van der Waals surface area contributed by atoms with E-state index in [1.165, 1.54) is 6.08 Å². The molecule has 2 aromatic heterocycles. The number of aryl methyl sites for hydroxylation is 1. The number of aromatic amines is 1. The molecule has 1 spiro atoms. The van der Waals surface area contributed by atoms with Gasteiger partial charge in [0, 0.05) is 54.5 Å². The van der Waals surface area contributed by atoms with E-state index >= 15 is 0 Å². The number of furan rings is 1. The fraction of sp³-hybridized carbons (Fsp3) is 0.433. The Bertz CT molecular complexity index is 1560. The van der Waals surface area contributed by atoms with Crippen LogP contribution in [0.15, 0.2) is 34.9 Å². The van der Waals surface area contributed by atoms with Crippen LogP contribution in [0.5, 0.6) is 5.75 Å². The lowest BCUT2D eigenvalue weighted by Crippen LogP contribution is -2.46. The molecule has 3 fully saturated rings. The van der Waals surface area contributed by atoms with Crippen LogP contribution < -0.4 is 10.1 Å². The second kappa shape index (κ2) is 9.33. The van der Waals surface area contributed by atoms with Crippen molar-refractivity contribution in [3.05, 3.63) is 58.6 Å². The standard InChI is InChI=1S/C30H33FN4O5/c1-16-21(28(37)35-9-7-29(3,38)15-35)14-33-26(16)22(6-8-32)40-19-4-5-20-23(10-19)39-17(2)25(20)27(36)34-18-11-30(12-18)13-24(30)31/h4-6,8,10,14,18,24,32-33,38H,7,9,11-13,15H2,1-3H3,(H,34,36)/b22-6+,32-8?. The van der Waals surface area contributed by atoms with E-state index in [-0.39, 0.29) is 29.8 Å². The number of nitrogens with one attached hydrogen (secondary N) is 3. The lowest BCUT2D eigenvalue weighted by atomic mass is 9.76. The maximum Gasteiger partial charge on any atom is 0.255 e. The van der Waals surface area contributed by atoms with Gasteiger partial charge in [0.15, 0.2) is 5.76 Å². The van der Waals surface area contributed by atoms with Crippen LogP contribution in [0.4, 0.5) is 4.39 Å². The van der Waals surface area contributed by atoms with Gasteiger partial charge in [0.25, 0.3) is 11.8 Å². The zero-order chi connectivity index (χ0) is 28.4. The molecule has 2 atom stereocenters. The van der Waals surface area contributed by atoms with E-state index in [0.29, 0.717) is 82.9 Å². The van der Waals surface area contributed by atoms with Crippen molar-refractivity contribution in [1.29, 1.82) is 5.41 Å². The first-order valence-electron chi connectivity index (χ1n) is 13.6. The minimum atomic E-state index is -0.893. The van der Waals surface area contributed by atoms with Gasteiger partial charge in [-0.2, -0.15) is 0 Å². The van der Waals surface area contributed by atoms with Crippen molar-refractivity contribution in [3.63, 3.8) is 0 Å². The van der Waals surface area contributed by atoms with E-state index in [1.807, 2.05) is 0 Å². The number of benzene rings is 1. The molecular weight excluding hydrogens is 515 g/mol. The molecule has 10 heteroatoms. The van der Waals surface area contributed by atoms with Crippen LogP contribution in [0.3, 0.4) is 0 Å². The molecular formula is C30H33FN4O5. The van der Waals surface area contributed by atoms with Crippen LogP contribution in [0.25, 0.3) is 16.7 Å². The van der Waals surface area contributed by atoms with Crippen molar-refractivity contribution >= 4 is 34.8 Å². The fourth-order valence-electron chi connectivity index (χ4n) is 6.18. The number of amides is 2. The lowest BCUT2D eigenvalue weighted by molar-refractivity contribution is 0.0572. The molecule has 1 aliphatic heterocycles. The third-order valence-electron chi connectivity index (χ3n) is 8.61. The number of aliphatic hydroxyl groups is 1. The van der Waals surface area contributed by atoms with E-state index in [1.54, 1.807) is 50.1 Å². The summed E-state index contributed by atoms with van der Waals surface area (Å²) < 4.78 is 25.6. The topological polar surface area (TPSA) is 132 Å². The molecule has 2 aliphatic carbocycles. The summed E-state index contributed by atoms with van der Waals surface area (Å²) in [6.45, 7) is 6.01. The number of likely N-dealkylation sites (tertiary alicyclic amines) is 1. The molecule has 3 heterocycles. The third-order valence-corrected chi connectivity index (χ3v) is 8.61. The highest BCUT2D eigenvalue weighted by Gasteiger charge is 2.62. The van der Waals surface area contributed by atoms with Crippen LogP contribution in [0.2, 0.25) is 0 Å². The van der Waals surface area contributed by atoms with Crippen molar-refractivity contribution in [2.45, 2.75) is 64.3 Å². The number of carbonyl (C=O) groups is 2. The molecule has 0 radical (unpaired) electrons. The summed E-state index contributed by atoms with van der Waals surface area (Å²) in [5.74, 6) is 0.842. The number of β-amino-alcohol motifs (C(OH)–C–C–N with tert-alkyl or cyclic N) is 1. The minimum Gasteiger partial charge on any atom is -0.460 e. The Hall–Kier alpha value is -3.92. The highest BCUT2D eigenvalue weighted by atomic mass is 19.1. The van der Waals surface area contributed by atoms with Crippen molar-refractivity contribution in [2.24, 2.45) is 5.41 Å². The van der Waals surface area contributed by atoms with E-state index in [4.69, 9.17) is 14.6 Å². The van der Waals surface area contributed by atoms with Gasteiger partial charge >= 0.3 is 0 Å². The predicted molar refractivity (Wildman–Crippen MR) is 147 cm³/mol. The molecule has 1 saturated heterocycles. The Morgan fingerprint density at radius 3 is 2.70 bits per heavy atom. The summed E-state index contributed by atoms with van der Waals surface area (Å²) in [7, 11) is 0. The number of H-pyrrole nitrogens is 1. The highest BCUT2D eigenvalue weighted by Crippen LogP contribution is 2.62. The van der Waals surface area contributed by atoms with E-state index in [0.717, 1.165) is 6.21 Å². The van der Waals surface area contributed by atoms with Gasteiger partial charge in [-0.1, -0.05) is 0 Å². The predicted octanol–water partition coefficient (Wildman–Crippen LogP) is 4.66. The largest absolute Gasteiger partial charge is 0.460 e. The van der Waals surface area contributed by atoms with Gasteiger partial charge in [0.05, 0.1) is 22.4 Å². The van der Waals surface area contributed by atoms with E-state index < -0.39 is 11.8 Å². The summed E-state index contributed by atoms with van der Waals surface area (Å²) in [5, 5.41) is 21.6. The number of allylic oxidation sites excluding steroid dienone is 1. The molecule has 9 nitrogen and oxygen atoms in total. The number of fused-ring (bicyclic) bond motifs is 1. The number of nitrogens with zero attached hydrogens (tertiary/aromatic N) is 1. The number of halogens is 1. The molecule has 4 N–H and O–H groups in total. The van der Waals surface area contributed by atoms with Crippen LogP contribution in [0.1, 0.15) is 70.3 Å². The Morgan fingerprint density at radius 2 is 2.05 bits per heavy atom. The van der Waals surface area contributed by atoms with Crippen molar-refractivity contribution in [1.82, 2.24) is 15.2 Å². The van der Waals surface area contributed by atoms with Gasteiger partial charge in [-0.3, -0.25) is 9.59 Å². The van der Waals surface area contributed by atoms with Gasteiger partial charge < -0.3 is 34.9 Å². The first-order chi connectivity index (χ1) is 19.0. The number of alkyl halides is 1. The summed E-state index contributed by atoms with van der Waals surface area (Å²) >= 11 is 0. The van der Waals surface area contributed by atoms with E-state index in [9.17, 15) is 19.1 Å². The smallest absolute Gasteiger partial charge is 0.255 e. The molecule has 3 aromatic rings. The van der Waals surface area contributed by atoms with E-state index in [2.05, 4.69) is 10.3 Å². The Labute approximate surface area is 230 Å². The fourth-order valence-corrected chi connectivity index (χ4v) is 6.18. The Balaban J connectivity index is 1.19. The second-order valence-corrected chi connectivity index (χ2v) is 11.8. The molecule has 210 valence electrons. The van der Waals surface area contributed by atoms with Crippen LogP contribution in [0, 0.1) is 24.7 Å². The van der Waals surface area contributed by atoms with Gasteiger partial charge in [0.1, 0.15) is 23.3 Å². The number of hydrogen-bond acceptors (Lipinski definition) is 6. The maximum absolute atomic E-state index is 13.5. The summed E-state index contributed by atoms with van der Waals surface area (Å²) in [5.41, 5.74) is 1.54. The van der Waals surface area contributed by atoms with Crippen molar-refractivity contribution in [3.8, 4) is 5.75 Å². The molecule has 6 rings (SSSR count). The van der Waals surface area contributed by atoms with Gasteiger partial charge in [-0.05, 0) is 64.2 Å². The average Bonchev–Trinajstić information content (AvgIpc) is 3.15. The van der Waals surface area contributed by atoms with Gasteiger partial charge in [-0.15, -0.1) is 0 Å². The zero-order valence-electron chi connectivity index (χ0n) is 22.8. The maximum atomic E-state index is 13.5. The molecule has 2 amide bonds. The quantitative estimate of drug-likeness (QED) is 0.252. The number of aromatic nitrogens is 1. The SMILES string of the molecule is Cc1oc2cc(O/C(=C/C=N)c3[nH]cc(C(=O)N4CCC(C)(O)C4)c3C)ccc2c1C(=O)NC1CC2(C1)CC2F. The molecule has 2 saturated carbocycles. The van der Waals surface area contributed by atoms with Crippen LogP contribution in [-0.4, -0.2) is 63.9 Å². The molecule has 0 bridgehead atoms. The lowest BCUT2D eigenvalue weighted by Gasteiger charge is -2.36. The number of rotatable bonds is 7. The number of carbonyl (C=O) groups excluding carboxylic acids is 2. The Morgan fingerprint density at radius 1 is 1.30 bits per heavy atom.